The number of ether oxygens (including phenoxy) is 1. The van der Waals surface area contributed by atoms with Crippen molar-refractivity contribution >= 4 is 33.2 Å². The van der Waals surface area contributed by atoms with Crippen LogP contribution in [0.3, 0.4) is 0 Å². The zero-order valence-electron chi connectivity index (χ0n) is 11.5. The highest BCUT2D eigenvalue weighted by Gasteiger charge is 2.24. The Balaban J connectivity index is 3.10. The van der Waals surface area contributed by atoms with Crippen LogP contribution in [0, 0.1) is 0 Å². The molecule has 1 rings (SSSR count). The van der Waals surface area contributed by atoms with Crippen molar-refractivity contribution in [3.8, 4) is 0 Å². The molecule has 1 aromatic rings. The van der Waals surface area contributed by atoms with Crippen molar-refractivity contribution in [2.45, 2.75) is 30.9 Å². The van der Waals surface area contributed by atoms with Crippen LogP contribution in [0.15, 0.2) is 17.0 Å². The van der Waals surface area contributed by atoms with Crippen LogP contribution in [0.2, 0.25) is 10.0 Å². The smallest absolute Gasteiger partial charge is 0.242 e. The predicted molar refractivity (Wildman–Crippen MR) is 80.6 cm³/mol. The van der Waals surface area contributed by atoms with Crippen molar-refractivity contribution < 1.29 is 13.2 Å². The molecule has 8 heteroatoms. The van der Waals surface area contributed by atoms with Gasteiger partial charge in [0.25, 0.3) is 0 Å². The first kappa shape index (κ1) is 17.7. The summed E-state index contributed by atoms with van der Waals surface area (Å²) in [6.07, 6.45) is 0. The molecule has 0 aliphatic heterocycles. The quantitative estimate of drug-likeness (QED) is 0.831. The van der Waals surface area contributed by atoms with E-state index in [0.29, 0.717) is 10.6 Å². The average Bonchev–Trinajstić information content (AvgIpc) is 2.36. The van der Waals surface area contributed by atoms with E-state index in [1.165, 1.54) is 19.2 Å². The largest absolute Gasteiger partial charge is 0.377 e. The second-order valence-corrected chi connectivity index (χ2v) is 7.42. The third-order valence-electron chi connectivity index (χ3n) is 2.85. The van der Waals surface area contributed by atoms with E-state index >= 15 is 0 Å². The summed E-state index contributed by atoms with van der Waals surface area (Å²) < 4.78 is 32.1. The van der Waals surface area contributed by atoms with E-state index in [4.69, 9.17) is 33.7 Å². The maximum absolute atomic E-state index is 12.3. The van der Waals surface area contributed by atoms with Gasteiger partial charge in [-0.25, -0.2) is 13.1 Å². The summed E-state index contributed by atoms with van der Waals surface area (Å²) in [5, 5.41) is 0.392. The summed E-state index contributed by atoms with van der Waals surface area (Å²) >= 11 is 11.9. The molecule has 0 radical (unpaired) electrons. The van der Waals surface area contributed by atoms with Crippen LogP contribution < -0.4 is 10.5 Å². The Labute approximate surface area is 129 Å². The summed E-state index contributed by atoms with van der Waals surface area (Å²) in [7, 11) is -2.25. The molecule has 0 atom stereocenters. The molecule has 20 heavy (non-hydrogen) atoms. The highest BCUT2D eigenvalue weighted by atomic mass is 35.5. The average molecular weight is 341 g/mol. The van der Waals surface area contributed by atoms with Gasteiger partial charge in [-0.1, -0.05) is 23.2 Å². The predicted octanol–water partition coefficient (Wildman–Crippen LogP) is 2.16. The monoisotopic (exact) mass is 340 g/mol. The zero-order valence-corrected chi connectivity index (χ0v) is 13.9. The van der Waals surface area contributed by atoms with Crippen LogP contribution in [0.25, 0.3) is 0 Å². The topological polar surface area (TPSA) is 81.4 Å². The lowest BCUT2D eigenvalue weighted by atomic mass is 10.1. The summed E-state index contributed by atoms with van der Waals surface area (Å²) in [5.41, 5.74) is 5.41. The van der Waals surface area contributed by atoms with Gasteiger partial charge < -0.3 is 10.5 Å². The fourth-order valence-electron chi connectivity index (χ4n) is 1.35. The van der Waals surface area contributed by atoms with Crippen LogP contribution in [0.1, 0.15) is 19.4 Å². The summed E-state index contributed by atoms with van der Waals surface area (Å²) in [5.74, 6) is 0. The molecule has 0 aliphatic rings. The summed E-state index contributed by atoms with van der Waals surface area (Å²) in [4.78, 5) is -0.0454. The van der Waals surface area contributed by atoms with Gasteiger partial charge >= 0.3 is 0 Å². The van der Waals surface area contributed by atoms with Gasteiger partial charge in [-0.3, -0.25) is 0 Å². The second-order valence-electron chi connectivity index (χ2n) is 4.87. The molecule has 0 saturated carbocycles. The lowest BCUT2D eigenvalue weighted by Gasteiger charge is -2.23. The van der Waals surface area contributed by atoms with E-state index in [0.717, 1.165) is 0 Å². The van der Waals surface area contributed by atoms with E-state index in [1.807, 2.05) is 0 Å². The Morgan fingerprint density at radius 3 is 2.40 bits per heavy atom. The van der Waals surface area contributed by atoms with Crippen LogP contribution >= 0.6 is 23.2 Å². The number of nitrogens with two attached hydrogens (primary N) is 1. The molecule has 5 nitrogen and oxygen atoms in total. The van der Waals surface area contributed by atoms with Crippen LogP contribution in [-0.2, 0) is 21.3 Å². The van der Waals surface area contributed by atoms with Gasteiger partial charge in [-0.15, -0.1) is 0 Å². The van der Waals surface area contributed by atoms with Crippen molar-refractivity contribution in [1.29, 1.82) is 0 Å². The minimum absolute atomic E-state index is 0.0454. The molecule has 0 amide bonds. The Bertz CT molecular complexity index is 589. The molecular formula is C12H18Cl2N2O3S. The molecule has 0 heterocycles. The van der Waals surface area contributed by atoms with Crippen molar-refractivity contribution in [3.05, 3.63) is 27.7 Å². The number of halogens is 2. The molecule has 0 aromatic heterocycles. The lowest BCUT2D eigenvalue weighted by molar-refractivity contribution is 0.0276. The summed E-state index contributed by atoms with van der Waals surface area (Å²) in [6, 6.07) is 2.76. The maximum atomic E-state index is 12.3. The number of methoxy groups -OCH3 is 1. The fourth-order valence-corrected chi connectivity index (χ4v) is 3.42. The normalized spacial score (nSPS) is 12.7. The Hall–Kier alpha value is -0.370. The first-order chi connectivity index (χ1) is 9.13. The van der Waals surface area contributed by atoms with E-state index < -0.39 is 15.6 Å². The standard InChI is InChI=1S/C12H18Cl2N2O3S/c1-12(2,19-3)7-16-20(17,18)11-4-8(6-15)9(13)5-10(11)14/h4-5,16H,6-7,15H2,1-3H3. The molecule has 0 fully saturated rings. The molecule has 0 spiro atoms. The molecular weight excluding hydrogens is 323 g/mol. The molecule has 114 valence electrons. The summed E-state index contributed by atoms with van der Waals surface area (Å²) in [6.45, 7) is 3.78. The third kappa shape index (κ3) is 4.31. The Morgan fingerprint density at radius 1 is 1.30 bits per heavy atom. The first-order valence-corrected chi connectivity index (χ1v) is 8.09. The molecule has 0 aliphatic carbocycles. The molecule has 1 aromatic carbocycles. The lowest BCUT2D eigenvalue weighted by Crippen LogP contribution is -2.39. The molecule has 0 bridgehead atoms. The number of hydrogen-bond donors (Lipinski definition) is 2. The third-order valence-corrected chi connectivity index (χ3v) is 5.07. The molecule has 0 unspecified atom stereocenters. The minimum Gasteiger partial charge on any atom is -0.377 e. The number of nitrogens with one attached hydrogen (secondary N) is 1. The van der Waals surface area contributed by atoms with Gasteiger partial charge in [-0.05, 0) is 31.5 Å². The first-order valence-electron chi connectivity index (χ1n) is 5.86. The highest BCUT2D eigenvalue weighted by molar-refractivity contribution is 7.89. The van der Waals surface area contributed by atoms with E-state index in [1.54, 1.807) is 13.8 Å². The van der Waals surface area contributed by atoms with Crippen LogP contribution in [-0.4, -0.2) is 27.7 Å². The van der Waals surface area contributed by atoms with Gasteiger partial charge in [0.2, 0.25) is 10.0 Å². The SMILES string of the molecule is COC(C)(C)CNS(=O)(=O)c1cc(CN)c(Cl)cc1Cl. The van der Waals surface area contributed by atoms with Crippen molar-refractivity contribution in [2.75, 3.05) is 13.7 Å². The van der Waals surface area contributed by atoms with Crippen LogP contribution in [0.5, 0.6) is 0 Å². The van der Waals surface area contributed by atoms with Crippen molar-refractivity contribution in [3.63, 3.8) is 0 Å². The number of hydrogen-bond acceptors (Lipinski definition) is 4. The number of benzene rings is 1. The molecule has 0 saturated heterocycles. The van der Waals surface area contributed by atoms with Crippen LogP contribution in [0.4, 0.5) is 0 Å². The van der Waals surface area contributed by atoms with E-state index in [9.17, 15) is 8.42 Å². The van der Waals surface area contributed by atoms with Gasteiger partial charge in [0.1, 0.15) is 4.90 Å². The van der Waals surface area contributed by atoms with E-state index in [-0.39, 0.29) is 23.0 Å². The van der Waals surface area contributed by atoms with Crippen molar-refractivity contribution in [1.82, 2.24) is 4.72 Å². The number of rotatable bonds is 6. The zero-order chi connectivity index (χ0) is 15.6. The van der Waals surface area contributed by atoms with Gasteiger partial charge in [0, 0.05) is 25.2 Å². The van der Waals surface area contributed by atoms with Gasteiger partial charge in [0.15, 0.2) is 0 Å². The highest BCUT2D eigenvalue weighted by Crippen LogP contribution is 2.28. The second kappa shape index (κ2) is 6.60. The Morgan fingerprint density at radius 2 is 1.90 bits per heavy atom. The Kier molecular flexibility index (Phi) is 5.83. The fraction of sp³-hybridized carbons (Fsp3) is 0.500. The molecule has 3 N–H and O–H groups in total. The maximum Gasteiger partial charge on any atom is 0.242 e. The van der Waals surface area contributed by atoms with Gasteiger partial charge in [-0.2, -0.15) is 0 Å². The van der Waals surface area contributed by atoms with E-state index in [2.05, 4.69) is 4.72 Å². The minimum atomic E-state index is -3.76. The van der Waals surface area contributed by atoms with Gasteiger partial charge in [0.05, 0.1) is 10.6 Å². The van der Waals surface area contributed by atoms with Crippen molar-refractivity contribution in [2.24, 2.45) is 5.73 Å². The number of sulfonamides is 1.